The van der Waals surface area contributed by atoms with Crippen LogP contribution in [0.15, 0.2) is 42.5 Å². The maximum absolute atomic E-state index is 13.9. The Morgan fingerprint density at radius 1 is 0.977 bits per heavy atom. The van der Waals surface area contributed by atoms with E-state index in [1.165, 1.54) is 18.7 Å². The summed E-state index contributed by atoms with van der Waals surface area (Å²) >= 11 is 0. The number of carbonyl (C=O) groups is 6. The molecule has 12 heteroatoms. The zero-order chi connectivity index (χ0) is 31.7. The van der Waals surface area contributed by atoms with Crippen LogP contribution in [-0.4, -0.2) is 70.4 Å². The van der Waals surface area contributed by atoms with E-state index < -0.39 is 59.6 Å². The van der Waals surface area contributed by atoms with E-state index in [2.05, 4.69) is 10.6 Å². The minimum atomic E-state index is -1.61. The molecule has 0 saturated heterocycles. The Balaban J connectivity index is 1.65. The Morgan fingerprint density at radius 3 is 2.21 bits per heavy atom. The highest BCUT2D eigenvalue weighted by Gasteiger charge is 2.69. The second kappa shape index (κ2) is 11.9. The number of carbonyl (C=O) groups excluding carboxylic acids is 6. The number of nitrogens with one attached hydrogen (secondary N) is 2. The van der Waals surface area contributed by atoms with Crippen LogP contribution in [0.5, 0.6) is 0 Å². The summed E-state index contributed by atoms with van der Waals surface area (Å²) in [6.45, 7) is 8.28. The Bertz CT molecular complexity index is 1480. The van der Waals surface area contributed by atoms with E-state index in [4.69, 9.17) is 14.2 Å². The molecule has 0 bridgehead atoms. The number of amides is 3. The van der Waals surface area contributed by atoms with Crippen LogP contribution >= 0.6 is 0 Å². The molecule has 1 unspecified atom stereocenters. The van der Waals surface area contributed by atoms with Crippen molar-refractivity contribution in [3.63, 3.8) is 0 Å². The molecular weight excluding hydrogens is 558 g/mol. The molecule has 4 rings (SSSR count). The van der Waals surface area contributed by atoms with Crippen molar-refractivity contribution in [2.24, 2.45) is 0 Å². The summed E-state index contributed by atoms with van der Waals surface area (Å²) in [5.74, 6) is -3.51. The van der Waals surface area contributed by atoms with Gasteiger partial charge in [0.1, 0.15) is 18.3 Å². The Hall–Kier alpha value is -4.74. The zero-order valence-electron chi connectivity index (χ0n) is 24.9. The number of nitrogens with zero attached hydrogens (tertiary/aromatic N) is 1. The van der Waals surface area contributed by atoms with Gasteiger partial charge in [-0.2, -0.15) is 0 Å². The monoisotopic (exact) mass is 593 g/mol. The lowest BCUT2D eigenvalue weighted by Gasteiger charge is -2.30. The average molecular weight is 594 g/mol. The van der Waals surface area contributed by atoms with Crippen molar-refractivity contribution in [2.75, 3.05) is 11.9 Å². The van der Waals surface area contributed by atoms with Gasteiger partial charge in [0.25, 0.3) is 11.8 Å². The molecule has 2 aliphatic rings. The molecule has 0 aromatic heterocycles. The molecule has 12 nitrogen and oxygen atoms in total. The van der Waals surface area contributed by atoms with Crippen LogP contribution in [0.1, 0.15) is 63.9 Å². The third-order valence-electron chi connectivity index (χ3n) is 6.99. The van der Waals surface area contributed by atoms with Crippen molar-refractivity contribution in [2.45, 2.75) is 77.8 Å². The van der Waals surface area contributed by atoms with Gasteiger partial charge in [0.2, 0.25) is 5.91 Å². The molecule has 228 valence electrons. The van der Waals surface area contributed by atoms with Crippen molar-refractivity contribution in [3.05, 3.63) is 53.6 Å². The maximum Gasteiger partial charge on any atom is 0.332 e. The average Bonchev–Trinajstić information content (AvgIpc) is 3.50. The first-order chi connectivity index (χ1) is 20.1. The van der Waals surface area contributed by atoms with Crippen molar-refractivity contribution in [1.82, 2.24) is 10.2 Å². The van der Waals surface area contributed by atoms with E-state index in [0.717, 1.165) is 18.1 Å². The predicted octanol–water partition coefficient (Wildman–Crippen LogP) is 2.73. The number of anilines is 1. The number of fused-ring (bicyclic) bond motifs is 1. The standard InChI is InChI=1S/C31H35N3O9/c1-17(35)32-21-12-10-20(11-13-21)22-8-7-9-23-24(22)15-34(27(23)38)31(14-26(31)42-19(3)37)29(40)33-25(16-41-18(2)36)28(39)43-30(4,5)6/h7-13,25-26H,14-16H2,1-6H3,(H,32,35)(H,33,40)/t25-,26?,31+/m0/s1. The van der Waals surface area contributed by atoms with Crippen molar-refractivity contribution in [1.29, 1.82) is 0 Å². The van der Waals surface area contributed by atoms with E-state index in [1.54, 1.807) is 45.0 Å². The molecule has 3 amide bonds. The molecule has 1 heterocycles. The third kappa shape index (κ3) is 6.85. The van der Waals surface area contributed by atoms with Crippen LogP contribution in [0.2, 0.25) is 0 Å². The number of esters is 3. The van der Waals surface area contributed by atoms with Crippen molar-refractivity contribution < 1.29 is 43.0 Å². The van der Waals surface area contributed by atoms with Crippen molar-refractivity contribution >= 4 is 41.3 Å². The molecular formula is C31H35N3O9. The summed E-state index contributed by atoms with van der Waals surface area (Å²) in [7, 11) is 0. The quantitative estimate of drug-likeness (QED) is 0.330. The third-order valence-corrected chi connectivity index (χ3v) is 6.99. The molecule has 1 aliphatic heterocycles. The highest BCUT2D eigenvalue weighted by Crippen LogP contribution is 2.49. The van der Waals surface area contributed by atoms with Crippen LogP contribution < -0.4 is 10.6 Å². The number of hydrogen-bond donors (Lipinski definition) is 2. The molecule has 2 aromatic carbocycles. The first-order valence-electron chi connectivity index (χ1n) is 13.8. The number of ether oxygens (including phenoxy) is 3. The molecule has 1 saturated carbocycles. The minimum Gasteiger partial charge on any atom is -0.463 e. The molecule has 2 N–H and O–H groups in total. The Morgan fingerprint density at radius 2 is 1.63 bits per heavy atom. The van der Waals surface area contributed by atoms with Gasteiger partial charge in [-0.05, 0) is 55.7 Å². The molecule has 0 radical (unpaired) electrons. The van der Waals surface area contributed by atoms with Crippen LogP contribution in [0.25, 0.3) is 11.1 Å². The van der Waals surface area contributed by atoms with Gasteiger partial charge in [0.05, 0.1) is 0 Å². The first kappa shape index (κ1) is 31.2. The molecule has 1 aliphatic carbocycles. The summed E-state index contributed by atoms with van der Waals surface area (Å²) in [4.78, 5) is 76.8. The predicted molar refractivity (Wildman–Crippen MR) is 153 cm³/mol. The fourth-order valence-corrected chi connectivity index (χ4v) is 5.10. The number of benzene rings is 2. The van der Waals surface area contributed by atoms with Gasteiger partial charge in [-0.25, -0.2) is 4.79 Å². The SMILES string of the molecule is CC(=O)Nc1ccc(-c2cccc3c2CN([C@]2(C(=O)N[C@@H](COC(C)=O)C(=O)OC(C)(C)C)CC2OC(C)=O)C3=O)cc1. The Labute approximate surface area is 249 Å². The fourth-order valence-electron chi connectivity index (χ4n) is 5.10. The van der Waals surface area contributed by atoms with Gasteiger partial charge < -0.3 is 29.7 Å². The Kier molecular flexibility index (Phi) is 8.61. The van der Waals surface area contributed by atoms with E-state index >= 15 is 0 Å². The topological polar surface area (TPSA) is 157 Å². The van der Waals surface area contributed by atoms with Gasteiger partial charge in [0, 0.05) is 45.0 Å². The van der Waals surface area contributed by atoms with Crippen LogP contribution in [0.4, 0.5) is 5.69 Å². The van der Waals surface area contributed by atoms with E-state index in [-0.39, 0.29) is 18.9 Å². The maximum atomic E-state index is 13.9. The fraction of sp³-hybridized carbons (Fsp3) is 0.419. The van der Waals surface area contributed by atoms with Gasteiger partial charge in [-0.15, -0.1) is 0 Å². The smallest absolute Gasteiger partial charge is 0.332 e. The lowest BCUT2D eigenvalue weighted by Crippen LogP contribution is -2.57. The zero-order valence-corrected chi connectivity index (χ0v) is 24.9. The molecule has 43 heavy (non-hydrogen) atoms. The summed E-state index contributed by atoms with van der Waals surface area (Å²) < 4.78 is 15.8. The highest BCUT2D eigenvalue weighted by atomic mass is 16.6. The lowest BCUT2D eigenvalue weighted by molar-refractivity contribution is -0.162. The summed E-state index contributed by atoms with van der Waals surface area (Å²) in [5.41, 5.74) is 0.716. The second-order valence-corrected chi connectivity index (χ2v) is 11.6. The largest absolute Gasteiger partial charge is 0.463 e. The van der Waals surface area contributed by atoms with Gasteiger partial charge in [-0.3, -0.25) is 24.0 Å². The summed E-state index contributed by atoms with van der Waals surface area (Å²) in [6.07, 6.45) is -0.954. The van der Waals surface area contributed by atoms with Gasteiger partial charge >= 0.3 is 17.9 Å². The van der Waals surface area contributed by atoms with Crippen LogP contribution in [0.3, 0.4) is 0 Å². The second-order valence-electron chi connectivity index (χ2n) is 11.6. The van der Waals surface area contributed by atoms with Gasteiger partial charge in [-0.1, -0.05) is 24.3 Å². The molecule has 2 aromatic rings. The minimum absolute atomic E-state index is 0.00743. The summed E-state index contributed by atoms with van der Waals surface area (Å²) in [5, 5.41) is 5.30. The molecule has 3 atom stereocenters. The normalized spacial score (nSPS) is 19.5. The summed E-state index contributed by atoms with van der Waals surface area (Å²) in [6, 6.07) is 11.0. The van der Waals surface area contributed by atoms with Crippen molar-refractivity contribution in [3.8, 4) is 11.1 Å². The highest BCUT2D eigenvalue weighted by molar-refractivity contribution is 6.06. The van der Waals surface area contributed by atoms with Crippen LogP contribution in [-0.2, 0) is 44.7 Å². The first-order valence-corrected chi connectivity index (χ1v) is 13.8. The van der Waals surface area contributed by atoms with Gasteiger partial charge in [0.15, 0.2) is 11.6 Å². The van der Waals surface area contributed by atoms with E-state index in [1.807, 2.05) is 18.2 Å². The number of rotatable bonds is 9. The van der Waals surface area contributed by atoms with E-state index in [9.17, 15) is 28.8 Å². The van der Waals surface area contributed by atoms with Crippen LogP contribution in [0, 0.1) is 0 Å². The molecule has 1 fully saturated rings. The van der Waals surface area contributed by atoms with E-state index in [0.29, 0.717) is 16.8 Å². The number of hydrogen-bond acceptors (Lipinski definition) is 9. The molecule has 0 spiro atoms. The lowest BCUT2D eigenvalue weighted by atomic mass is 9.97.